The van der Waals surface area contributed by atoms with Gasteiger partial charge in [-0.15, -0.1) is 10.2 Å². The number of hydrogen-bond acceptors (Lipinski definition) is 4. The van der Waals surface area contributed by atoms with Crippen molar-refractivity contribution in [3.8, 4) is 0 Å². The first-order valence-corrected chi connectivity index (χ1v) is 5.08. The molecule has 0 spiro atoms. The molecular weight excluding hydrogens is 238 g/mol. The number of rotatable bonds is 2. The molecule has 18 heavy (non-hydrogen) atoms. The third-order valence-corrected chi connectivity index (χ3v) is 2.28. The van der Waals surface area contributed by atoms with Crippen LogP contribution < -0.4 is 11.5 Å². The SMILES string of the molecule is Nc1ccc(C=Cc2c(F)ccc(N)c2F)nn1. The van der Waals surface area contributed by atoms with Crippen LogP contribution in [0.1, 0.15) is 11.3 Å². The van der Waals surface area contributed by atoms with Crippen LogP contribution in [0.4, 0.5) is 20.3 Å². The number of benzene rings is 1. The van der Waals surface area contributed by atoms with Crippen molar-refractivity contribution in [2.75, 3.05) is 11.5 Å². The average molecular weight is 248 g/mol. The second-order valence-electron chi connectivity index (χ2n) is 3.58. The number of hydrogen-bond donors (Lipinski definition) is 2. The Morgan fingerprint density at radius 3 is 2.39 bits per heavy atom. The molecule has 0 unspecified atom stereocenters. The van der Waals surface area contributed by atoms with Gasteiger partial charge in [0, 0.05) is 5.56 Å². The van der Waals surface area contributed by atoms with Crippen LogP contribution in [-0.2, 0) is 0 Å². The zero-order valence-electron chi connectivity index (χ0n) is 9.27. The fourth-order valence-corrected chi connectivity index (χ4v) is 1.35. The molecule has 0 aliphatic rings. The Hall–Kier alpha value is -2.50. The topological polar surface area (TPSA) is 77.8 Å². The van der Waals surface area contributed by atoms with E-state index in [9.17, 15) is 8.78 Å². The third kappa shape index (κ3) is 2.42. The molecule has 1 aromatic carbocycles. The fourth-order valence-electron chi connectivity index (χ4n) is 1.35. The fraction of sp³-hybridized carbons (Fsp3) is 0. The highest BCUT2D eigenvalue weighted by atomic mass is 19.1. The van der Waals surface area contributed by atoms with Crippen LogP contribution >= 0.6 is 0 Å². The molecule has 2 rings (SSSR count). The van der Waals surface area contributed by atoms with Gasteiger partial charge in [0.15, 0.2) is 5.82 Å². The van der Waals surface area contributed by atoms with Crippen LogP contribution in [-0.4, -0.2) is 10.2 Å². The minimum Gasteiger partial charge on any atom is -0.396 e. The summed E-state index contributed by atoms with van der Waals surface area (Å²) in [6, 6.07) is 5.40. The second-order valence-corrected chi connectivity index (χ2v) is 3.58. The highest BCUT2D eigenvalue weighted by molar-refractivity contribution is 5.70. The number of aromatic nitrogens is 2. The second kappa shape index (κ2) is 4.79. The Morgan fingerprint density at radius 1 is 0.944 bits per heavy atom. The Bertz CT molecular complexity index is 594. The van der Waals surface area contributed by atoms with Crippen LogP contribution in [0.3, 0.4) is 0 Å². The van der Waals surface area contributed by atoms with E-state index < -0.39 is 11.6 Å². The highest BCUT2D eigenvalue weighted by Crippen LogP contribution is 2.20. The van der Waals surface area contributed by atoms with Gasteiger partial charge in [-0.3, -0.25) is 0 Å². The van der Waals surface area contributed by atoms with E-state index in [1.54, 1.807) is 12.1 Å². The van der Waals surface area contributed by atoms with Gasteiger partial charge in [0.05, 0.1) is 11.4 Å². The van der Waals surface area contributed by atoms with Crippen LogP contribution in [0, 0.1) is 11.6 Å². The van der Waals surface area contributed by atoms with Crippen LogP contribution in [0.15, 0.2) is 24.3 Å². The molecule has 0 saturated heterocycles. The predicted molar refractivity (Wildman–Crippen MR) is 66.1 cm³/mol. The first-order chi connectivity index (χ1) is 8.58. The highest BCUT2D eigenvalue weighted by Gasteiger charge is 2.08. The molecule has 0 radical (unpaired) electrons. The summed E-state index contributed by atoms with van der Waals surface area (Å²) in [5, 5.41) is 7.36. The molecule has 92 valence electrons. The molecule has 4 nitrogen and oxygen atoms in total. The zero-order chi connectivity index (χ0) is 13.1. The summed E-state index contributed by atoms with van der Waals surface area (Å²) in [7, 11) is 0. The van der Waals surface area contributed by atoms with E-state index in [0.29, 0.717) is 5.69 Å². The largest absolute Gasteiger partial charge is 0.396 e. The van der Waals surface area contributed by atoms with Crippen molar-refractivity contribution in [1.29, 1.82) is 0 Å². The normalized spacial score (nSPS) is 11.0. The molecule has 0 saturated carbocycles. The van der Waals surface area contributed by atoms with Crippen molar-refractivity contribution in [3.63, 3.8) is 0 Å². The van der Waals surface area contributed by atoms with Gasteiger partial charge in [0.2, 0.25) is 0 Å². The van der Waals surface area contributed by atoms with Gasteiger partial charge in [0.1, 0.15) is 11.6 Å². The van der Waals surface area contributed by atoms with Gasteiger partial charge in [0.25, 0.3) is 0 Å². The molecule has 0 atom stereocenters. The molecule has 1 heterocycles. The molecule has 0 amide bonds. The number of nitrogens with zero attached hydrogens (tertiary/aromatic N) is 2. The van der Waals surface area contributed by atoms with Crippen molar-refractivity contribution in [2.45, 2.75) is 0 Å². The summed E-state index contributed by atoms with van der Waals surface area (Å²) in [5.41, 5.74) is 10.8. The summed E-state index contributed by atoms with van der Waals surface area (Å²) < 4.78 is 27.0. The minimum absolute atomic E-state index is 0.112. The summed E-state index contributed by atoms with van der Waals surface area (Å²) in [6.07, 6.45) is 2.68. The molecule has 4 N–H and O–H groups in total. The molecule has 0 fully saturated rings. The summed E-state index contributed by atoms with van der Waals surface area (Å²) in [6.45, 7) is 0. The van der Waals surface area contributed by atoms with E-state index in [4.69, 9.17) is 11.5 Å². The van der Waals surface area contributed by atoms with Crippen LogP contribution in [0.2, 0.25) is 0 Å². The van der Waals surface area contributed by atoms with Crippen molar-refractivity contribution < 1.29 is 8.78 Å². The number of nitrogens with two attached hydrogens (primary N) is 2. The maximum atomic E-state index is 13.6. The van der Waals surface area contributed by atoms with Crippen molar-refractivity contribution in [1.82, 2.24) is 10.2 Å². The van der Waals surface area contributed by atoms with Gasteiger partial charge in [-0.25, -0.2) is 8.78 Å². The average Bonchev–Trinajstić information content (AvgIpc) is 2.36. The molecular formula is C12H10F2N4. The van der Waals surface area contributed by atoms with Crippen molar-refractivity contribution >= 4 is 23.7 Å². The molecule has 1 aromatic heterocycles. The lowest BCUT2D eigenvalue weighted by molar-refractivity contribution is 0.582. The van der Waals surface area contributed by atoms with E-state index in [0.717, 1.165) is 6.07 Å². The Morgan fingerprint density at radius 2 is 1.72 bits per heavy atom. The zero-order valence-corrected chi connectivity index (χ0v) is 9.27. The number of anilines is 2. The van der Waals surface area contributed by atoms with Gasteiger partial charge >= 0.3 is 0 Å². The Kier molecular flexibility index (Phi) is 3.18. The van der Waals surface area contributed by atoms with E-state index in [1.165, 1.54) is 18.2 Å². The maximum absolute atomic E-state index is 13.6. The number of halogens is 2. The lowest BCUT2D eigenvalue weighted by Crippen LogP contribution is -1.96. The molecule has 6 heteroatoms. The lowest BCUT2D eigenvalue weighted by atomic mass is 10.1. The molecule has 0 bridgehead atoms. The Balaban J connectivity index is 2.34. The van der Waals surface area contributed by atoms with E-state index >= 15 is 0 Å². The van der Waals surface area contributed by atoms with Gasteiger partial charge in [-0.1, -0.05) is 0 Å². The quantitative estimate of drug-likeness (QED) is 0.798. The monoisotopic (exact) mass is 248 g/mol. The summed E-state index contributed by atoms with van der Waals surface area (Å²) >= 11 is 0. The summed E-state index contributed by atoms with van der Waals surface area (Å²) in [5.74, 6) is -1.22. The van der Waals surface area contributed by atoms with Crippen LogP contribution in [0.5, 0.6) is 0 Å². The van der Waals surface area contributed by atoms with Crippen molar-refractivity contribution in [2.24, 2.45) is 0 Å². The van der Waals surface area contributed by atoms with Crippen molar-refractivity contribution in [3.05, 3.63) is 47.2 Å². The first kappa shape index (κ1) is 12.0. The predicted octanol–water partition coefficient (Wildman–Crippen LogP) is 2.09. The first-order valence-electron chi connectivity index (χ1n) is 5.08. The molecule has 0 aliphatic carbocycles. The minimum atomic E-state index is -0.797. The van der Waals surface area contributed by atoms with Gasteiger partial charge in [-0.05, 0) is 36.4 Å². The third-order valence-electron chi connectivity index (χ3n) is 2.28. The van der Waals surface area contributed by atoms with Gasteiger partial charge in [-0.2, -0.15) is 0 Å². The van der Waals surface area contributed by atoms with E-state index in [-0.39, 0.29) is 17.1 Å². The van der Waals surface area contributed by atoms with E-state index in [2.05, 4.69) is 10.2 Å². The number of nitrogen functional groups attached to an aromatic ring is 2. The summed E-state index contributed by atoms with van der Waals surface area (Å²) in [4.78, 5) is 0. The maximum Gasteiger partial charge on any atom is 0.156 e. The van der Waals surface area contributed by atoms with Gasteiger partial charge < -0.3 is 11.5 Å². The Labute approximate surface area is 102 Å². The standard InChI is InChI=1S/C12H10F2N4/c13-9-4-5-10(15)12(14)8(9)3-1-7-2-6-11(16)18-17-7/h1-6H,15H2,(H2,16,18). The van der Waals surface area contributed by atoms with E-state index in [1.807, 2.05) is 0 Å². The molecule has 0 aliphatic heterocycles. The smallest absolute Gasteiger partial charge is 0.156 e. The lowest BCUT2D eigenvalue weighted by Gasteiger charge is -2.02. The van der Waals surface area contributed by atoms with Crippen LogP contribution in [0.25, 0.3) is 12.2 Å². The molecule has 2 aromatic rings.